The van der Waals surface area contributed by atoms with Gasteiger partial charge in [-0.2, -0.15) is 0 Å². The molecule has 16 heavy (non-hydrogen) atoms. The highest BCUT2D eigenvalue weighted by Gasteiger charge is 2.46. The van der Waals surface area contributed by atoms with Crippen molar-refractivity contribution in [1.29, 1.82) is 0 Å². The fourth-order valence-electron chi connectivity index (χ4n) is 2.64. The molecular weight excluding hydrogens is 229 g/mol. The van der Waals surface area contributed by atoms with Crippen LogP contribution < -0.4 is 5.32 Å². The summed E-state index contributed by atoms with van der Waals surface area (Å²) in [4.78, 5) is 9.88. The first-order chi connectivity index (χ1) is 7.65. The predicted octanol–water partition coefficient (Wildman–Crippen LogP) is 0.975. The van der Waals surface area contributed by atoms with Gasteiger partial charge in [0, 0.05) is 25.6 Å². The van der Waals surface area contributed by atoms with E-state index in [1.165, 1.54) is 0 Å². The molecule has 2 fully saturated rings. The summed E-state index contributed by atoms with van der Waals surface area (Å²) in [6.07, 6.45) is 2.17. The smallest absolute Gasteiger partial charge is 0.332 e. The van der Waals surface area contributed by atoms with Crippen LogP contribution in [0.2, 0.25) is 0 Å². The molecule has 2 aliphatic rings. The van der Waals surface area contributed by atoms with Crippen LogP contribution in [-0.4, -0.2) is 43.0 Å². The average molecular weight is 249 g/mol. The first kappa shape index (κ1) is 12.5. The highest BCUT2D eigenvalue weighted by molar-refractivity contribution is 7.53. The molecular formula is C10H20NO4P. The molecule has 0 aromatic carbocycles. The molecule has 2 saturated heterocycles. The maximum absolute atomic E-state index is 12.0. The largest absolute Gasteiger partial charge is 0.378 e. The van der Waals surface area contributed by atoms with E-state index in [1.54, 1.807) is 6.92 Å². The summed E-state index contributed by atoms with van der Waals surface area (Å²) in [5.74, 6) is 0.116. The summed E-state index contributed by atoms with van der Waals surface area (Å²) in [6, 6.07) is 0. The molecule has 0 amide bonds. The molecule has 0 saturated carbocycles. The normalized spacial score (nSPS) is 38.8. The topological polar surface area (TPSA) is 67.8 Å². The van der Waals surface area contributed by atoms with E-state index in [4.69, 9.17) is 9.26 Å². The van der Waals surface area contributed by atoms with Gasteiger partial charge in [-0.1, -0.05) is 0 Å². The maximum atomic E-state index is 12.0. The molecule has 0 spiro atoms. The summed E-state index contributed by atoms with van der Waals surface area (Å²) in [7, 11) is -3.49. The Morgan fingerprint density at radius 1 is 1.56 bits per heavy atom. The Labute approximate surface area is 96.0 Å². The van der Waals surface area contributed by atoms with E-state index in [-0.39, 0.29) is 24.3 Å². The molecule has 2 rings (SSSR count). The summed E-state index contributed by atoms with van der Waals surface area (Å²) < 4.78 is 22.7. The van der Waals surface area contributed by atoms with Gasteiger partial charge in [-0.3, -0.25) is 4.57 Å². The predicted molar refractivity (Wildman–Crippen MR) is 60.6 cm³/mol. The Kier molecular flexibility index (Phi) is 4.03. The average Bonchev–Trinajstić information content (AvgIpc) is 2.88. The van der Waals surface area contributed by atoms with Crippen molar-refractivity contribution < 1.29 is 18.7 Å². The lowest BCUT2D eigenvalue weighted by Crippen LogP contribution is -2.30. The van der Waals surface area contributed by atoms with E-state index in [0.29, 0.717) is 6.54 Å². The molecule has 2 aliphatic heterocycles. The second-order valence-corrected chi connectivity index (χ2v) is 6.47. The number of ether oxygens (including phenoxy) is 1. The first-order valence-corrected chi connectivity index (χ1v) is 7.59. The SMILES string of the molecule is CCOP(=O)(O)C1CNCC1C1CCCO1. The molecule has 6 heteroatoms. The molecule has 4 unspecified atom stereocenters. The third-order valence-corrected chi connectivity index (χ3v) is 5.44. The number of hydrogen-bond donors (Lipinski definition) is 2. The Bertz CT molecular complexity index is 280. The zero-order valence-electron chi connectivity index (χ0n) is 9.59. The van der Waals surface area contributed by atoms with E-state index in [9.17, 15) is 9.46 Å². The standard InChI is InChI=1S/C10H20NO4P/c1-2-15-16(12,13)10-7-11-6-8(10)9-4-3-5-14-9/h8-11H,2-7H2,1H3,(H,12,13). The Balaban J connectivity index is 2.04. The molecule has 2 N–H and O–H groups in total. The van der Waals surface area contributed by atoms with Crippen LogP contribution in [0.4, 0.5) is 0 Å². The second-order valence-electron chi connectivity index (χ2n) is 4.42. The zero-order valence-corrected chi connectivity index (χ0v) is 10.5. The molecule has 2 heterocycles. The van der Waals surface area contributed by atoms with Crippen molar-refractivity contribution in [2.75, 3.05) is 26.3 Å². The molecule has 0 aromatic heterocycles. The van der Waals surface area contributed by atoms with Crippen molar-refractivity contribution in [3.63, 3.8) is 0 Å². The Morgan fingerprint density at radius 3 is 3.00 bits per heavy atom. The summed E-state index contributed by atoms with van der Waals surface area (Å²) in [6.45, 7) is 4.11. The van der Waals surface area contributed by atoms with Crippen LogP contribution in [0.15, 0.2) is 0 Å². The second kappa shape index (κ2) is 5.15. The van der Waals surface area contributed by atoms with Crippen molar-refractivity contribution in [3.05, 3.63) is 0 Å². The Hall–Kier alpha value is 0.0700. The molecule has 4 atom stereocenters. The van der Waals surface area contributed by atoms with E-state index in [0.717, 1.165) is 26.0 Å². The van der Waals surface area contributed by atoms with Gasteiger partial charge in [-0.25, -0.2) is 0 Å². The van der Waals surface area contributed by atoms with Gasteiger partial charge in [0.2, 0.25) is 0 Å². The first-order valence-electron chi connectivity index (χ1n) is 5.94. The van der Waals surface area contributed by atoms with Gasteiger partial charge in [0.15, 0.2) is 0 Å². The van der Waals surface area contributed by atoms with Crippen molar-refractivity contribution in [3.8, 4) is 0 Å². The van der Waals surface area contributed by atoms with Crippen LogP contribution in [0.5, 0.6) is 0 Å². The van der Waals surface area contributed by atoms with Crippen molar-refractivity contribution >= 4 is 7.60 Å². The summed E-state index contributed by atoms with van der Waals surface area (Å²) in [5, 5.41) is 3.17. The highest BCUT2D eigenvalue weighted by Crippen LogP contribution is 2.52. The van der Waals surface area contributed by atoms with Gasteiger partial charge in [0.05, 0.1) is 18.4 Å². The summed E-state index contributed by atoms with van der Waals surface area (Å²) in [5.41, 5.74) is -0.310. The molecule has 0 bridgehead atoms. The fraction of sp³-hybridized carbons (Fsp3) is 1.00. The van der Waals surface area contributed by atoms with Crippen LogP contribution in [0.25, 0.3) is 0 Å². The minimum atomic E-state index is -3.49. The molecule has 0 aliphatic carbocycles. The van der Waals surface area contributed by atoms with E-state index >= 15 is 0 Å². The van der Waals surface area contributed by atoms with Crippen LogP contribution in [0, 0.1) is 5.92 Å². The highest BCUT2D eigenvalue weighted by atomic mass is 31.2. The monoisotopic (exact) mass is 249 g/mol. The van der Waals surface area contributed by atoms with Gasteiger partial charge in [-0.05, 0) is 19.8 Å². The lowest BCUT2D eigenvalue weighted by Gasteiger charge is -2.26. The van der Waals surface area contributed by atoms with Gasteiger partial charge in [0.1, 0.15) is 0 Å². The van der Waals surface area contributed by atoms with Crippen molar-refractivity contribution in [1.82, 2.24) is 5.32 Å². The number of hydrogen-bond acceptors (Lipinski definition) is 4. The minimum absolute atomic E-state index is 0.116. The maximum Gasteiger partial charge on any atom is 0.332 e. The Morgan fingerprint density at radius 2 is 2.38 bits per heavy atom. The molecule has 0 aromatic rings. The van der Waals surface area contributed by atoms with Crippen LogP contribution in [0.3, 0.4) is 0 Å². The fourth-order valence-corrected chi connectivity index (χ4v) is 4.35. The third kappa shape index (κ3) is 2.49. The van der Waals surface area contributed by atoms with Crippen LogP contribution in [-0.2, 0) is 13.8 Å². The van der Waals surface area contributed by atoms with E-state index in [1.807, 2.05) is 0 Å². The third-order valence-electron chi connectivity index (χ3n) is 3.40. The quantitative estimate of drug-likeness (QED) is 0.727. The minimum Gasteiger partial charge on any atom is -0.378 e. The molecule has 5 nitrogen and oxygen atoms in total. The zero-order chi connectivity index (χ0) is 11.6. The van der Waals surface area contributed by atoms with Crippen molar-refractivity contribution in [2.24, 2.45) is 5.92 Å². The number of nitrogens with one attached hydrogen (secondary N) is 1. The van der Waals surface area contributed by atoms with Crippen LogP contribution >= 0.6 is 7.60 Å². The molecule has 0 radical (unpaired) electrons. The summed E-state index contributed by atoms with van der Waals surface area (Å²) >= 11 is 0. The van der Waals surface area contributed by atoms with Crippen LogP contribution in [0.1, 0.15) is 19.8 Å². The lowest BCUT2D eigenvalue weighted by atomic mass is 9.99. The lowest BCUT2D eigenvalue weighted by molar-refractivity contribution is 0.0677. The van der Waals surface area contributed by atoms with E-state index in [2.05, 4.69) is 5.32 Å². The van der Waals surface area contributed by atoms with Gasteiger partial charge < -0.3 is 19.5 Å². The van der Waals surface area contributed by atoms with Crippen molar-refractivity contribution in [2.45, 2.75) is 31.5 Å². The van der Waals surface area contributed by atoms with Gasteiger partial charge in [-0.15, -0.1) is 0 Å². The van der Waals surface area contributed by atoms with Gasteiger partial charge in [0.25, 0.3) is 0 Å². The molecule has 94 valence electrons. The van der Waals surface area contributed by atoms with Gasteiger partial charge >= 0.3 is 7.60 Å². The van der Waals surface area contributed by atoms with E-state index < -0.39 is 7.60 Å². The number of rotatable bonds is 4.